The van der Waals surface area contributed by atoms with Crippen molar-refractivity contribution >= 4 is 12.0 Å². The Morgan fingerprint density at radius 1 is 1.24 bits per heavy atom. The minimum atomic E-state index is -4.65. The Balaban J connectivity index is 1.83. The van der Waals surface area contributed by atoms with Crippen LogP contribution < -0.4 is 5.32 Å². The molecule has 0 radical (unpaired) electrons. The molecule has 1 aliphatic rings. The molecule has 29 heavy (non-hydrogen) atoms. The standard InChI is InChI=1S/C18H18F4N4O3/c1-25-15(18(20,21)22)8-14(24-25)16(27)23-13-6-7-26(17(28)29)9-12(13)10-2-4-11(19)5-3-10/h2-5,8,12-13H,6-7,9H2,1H3,(H,23,27)(H,28,29)/t12-,13-/m1/s1. The Labute approximate surface area is 162 Å². The number of aryl methyl sites for hydroxylation is 1. The number of nitrogens with zero attached hydrogens (tertiary/aromatic N) is 3. The third-order valence-electron chi connectivity index (χ3n) is 4.90. The number of carboxylic acid groups (broad SMARTS) is 1. The highest BCUT2D eigenvalue weighted by Crippen LogP contribution is 2.30. The maximum Gasteiger partial charge on any atom is 0.433 e. The summed E-state index contributed by atoms with van der Waals surface area (Å²) >= 11 is 0. The lowest BCUT2D eigenvalue weighted by molar-refractivity contribution is -0.143. The maximum atomic E-state index is 13.2. The summed E-state index contributed by atoms with van der Waals surface area (Å²) in [6, 6.07) is 5.54. The first-order valence-corrected chi connectivity index (χ1v) is 8.71. The van der Waals surface area contributed by atoms with E-state index in [0.717, 1.165) is 7.05 Å². The molecular weight excluding hydrogens is 396 g/mol. The largest absolute Gasteiger partial charge is 0.465 e. The van der Waals surface area contributed by atoms with Crippen molar-refractivity contribution in [1.82, 2.24) is 20.0 Å². The van der Waals surface area contributed by atoms with Crippen LogP contribution in [0.25, 0.3) is 0 Å². The summed E-state index contributed by atoms with van der Waals surface area (Å²) in [4.78, 5) is 25.0. The van der Waals surface area contributed by atoms with E-state index in [0.29, 0.717) is 16.3 Å². The van der Waals surface area contributed by atoms with E-state index in [9.17, 15) is 32.3 Å². The number of aromatic nitrogens is 2. The van der Waals surface area contributed by atoms with Crippen LogP contribution in [0.15, 0.2) is 30.3 Å². The number of alkyl halides is 3. The molecule has 0 aliphatic carbocycles. The van der Waals surface area contributed by atoms with Crippen LogP contribution in [0, 0.1) is 5.82 Å². The minimum Gasteiger partial charge on any atom is -0.465 e. The van der Waals surface area contributed by atoms with Crippen molar-refractivity contribution in [2.45, 2.75) is 24.6 Å². The van der Waals surface area contributed by atoms with Crippen LogP contribution in [-0.4, -0.2) is 50.9 Å². The van der Waals surface area contributed by atoms with Gasteiger partial charge in [-0.2, -0.15) is 18.3 Å². The summed E-state index contributed by atoms with van der Waals surface area (Å²) in [6.07, 6.45) is -5.52. The minimum absolute atomic E-state index is 0.0575. The van der Waals surface area contributed by atoms with E-state index in [1.54, 1.807) is 0 Å². The molecule has 7 nitrogen and oxygen atoms in total. The Morgan fingerprint density at radius 3 is 2.45 bits per heavy atom. The van der Waals surface area contributed by atoms with Gasteiger partial charge in [0, 0.05) is 38.2 Å². The van der Waals surface area contributed by atoms with Crippen molar-refractivity contribution in [2.75, 3.05) is 13.1 Å². The zero-order chi connectivity index (χ0) is 21.3. The molecule has 2 aromatic rings. The molecule has 0 unspecified atom stereocenters. The van der Waals surface area contributed by atoms with Gasteiger partial charge in [-0.1, -0.05) is 12.1 Å². The summed E-state index contributed by atoms with van der Waals surface area (Å²) in [7, 11) is 1.09. The second-order valence-electron chi connectivity index (χ2n) is 6.79. The molecule has 1 fully saturated rings. The van der Waals surface area contributed by atoms with Gasteiger partial charge < -0.3 is 15.3 Å². The summed E-state index contributed by atoms with van der Waals surface area (Å²) in [6.45, 7) is 0.204. The number of carbonyl (C=O) groups is 2. The lowest BCUT2D eigenvalue weighted by Crippen LogP contribution is -2.51. The molecule has 2 atom stereocenters. The molecule has 0 bridgehead atoms. The highest BCUT2D eigenvalue weighted by molar-refractivity contribution is 5.92. The molecule has 0 spiro atoms. The molecule has 1 aliphatic heterocycles. The van der Waals surface area contributed by atoms with Crippen molar-refractivity contribution in [3.63, 3.8) is 0 Å². The molecule has 156 valence electrons. The van der Waals surface area contributed by atoms with Crippen LogP contribution in [0.5, 0.6) is 0 Å². The normalized spacial score (nSPS) is 19.8. The molecule has 1 aromatic heterocycles. The van der Waals surface area contributed by atoms with Crippen LogP contribution in [0.3, 0.4) is 0 Å². The van der Waals surface area contributed by atoms with Gasteiger partial charge in [-0.25, -0.2) is 9.18 Å². The second-order valence-corrected chi connectivity index (χ2v) is 6.79. The number of piperidine rings is 1. The number of nitrogens with one attached hydrogen (secondary N) is 1. The number of amides is 2. The van der Waals surface area contributed by atoms with Gasteiger partial charge in [0.05, 0.1) is 0 Å². The van der Waals surface area contributed by atoms with Crippen LogP contribution >= 0.6 is 0 Å². The first-order valence-electron chi connectivity index (χ1n) is 8.71. The van der Waals surface area contributed by atoms with Gasteiger partial charge in [0.1, 0.15) is 11.5 Å². The van der Waals surface area contributed by atoms with E-state index in [1.165, 1.54) is 29.2 Å². The lowest BCUT2D eigenvalue weighted by Gasteiger charge is -2.37. The Morgan fingerprint density at radius 2 is 1.90 bits per heavy atom. The molecule has 3 rings (SSSR count). The van der Waals surface area contributed by atoms with Gasteiger partial charge in [-0.3, -0.25) is 9.48 Å². The molecular formula is C18H18F4N4O3. The number of rotatable bonds is 3. The van der Waals surface area contributed by atoms with Gasteiger partial charge in [0.15, 0.2) is 5.69 Å². The van der Waals surface area contributed by atoms with Gasteiger partial charge in [-0.15, -0.1) is 0 Å². The average molecular weight is 414 g/mol. The molecule has 2 heterocycles. The number of carbonyl (C=O) groups excluding carboxylic acids is 1. The zero-order valence-electron chi connectivity index (χ0n) is 15.3. The average Bonchev–Trinajstić information content (AvgIpc) is 3.05. The van der Waals surface area contributed by atoms with Gasteiger partial charge in [0.25, 0.3) is 5.91 Å². The Hall–Kier alpha value is -3.11. The molecule has 0 saturated carbocycles. The third kappa shape index (κ3) is 4.49. The van der Waals surface area contributed by atoms with Crippen molar-refractivity contribution in [1.29, 1.82) is 0 Å². The van der Waals surface area contributed by atoms with E-state index in [2.05, 4.69) is 10.4 Å². The lowest BCUT2D eigenvalue weighted by atomic mass is 9.86. The van der Waals surface area contributed by atoms with Crippen LogP contribution in [0.4, 0.5) is 22.4 Å². The number of benzene rings is 1. The van der Waals surface area contributed by atoms with Crippen LogP contribution in [-0.2, 0) is 13.2 Å². The quantitative estimate of drug-likeness (QED) is 0.757. The molecule has 11 heteroatoms. The molecule has 1 saturated heterocycles. The van der Waals surface area contributed by atoms with Crippen LogP contribution in [0.2, 0.25) is 0 Å². The van der Waals surface area contributed by atoms with Crippen molar-refractivity contribution in [2.24, 2.45) is 7.05 Å². The topological polar surface area (TPSA) is 87.5 Å². The summed E-state index contributed by atoms with van der Waals surface area (Å²) in [5.41, 5.74) is -0.837. The SMILES string of the molecule is Cn1nc(C(=O)N[C@@H]2CCN(C(=O)O)C[C@@H]2c2ccc(F)cc2)cc1C(F)(F)F. The number of hydrogen-bond acceptors (Lipinski definition) is 3. The summed E-state index contributed by atoms with van der Waals surface area (Å²) in [5.74, 6) is -1.75. The smallest absolute Gasteiger partial charge is 0.433 e. The van der Waals surface area contributed by atoms with Gasteiger partial charge >= 0.3 is 12.3 Å². The Bertz CT molecular complexity index is 911. The van der Waals surface area contributed by atoms with E-state index >= 15 is 0 Å². The predicted molar refractivity (Wildman–Crippen MR) is 92.8 cm³/mol. The van der Waals surface area contributed by atoms with E-state index in [1.807, 2.05) is 0 Å². The van der Waals surface area contributed by atoms with E-state index in [4.69, 9.17) is 0 Å². The van der Waals surface area contributed by atoms with Crippen molar-refractivity contribution < 1.29 is 32.3 Å². The fourth-order valence-electron chi connectivity index (χ4n) is 3.43. The highest BCUT2D eigenvalue weighted by atomic mass is 19.4. The van der Waals surface area contributed by atoms with Crippen LogP contribution in [0.1, 0.15) is 34.1 Å². The number of hydrogen-bond donors (Lipinski definition) is 2. The first kappa shape index (κ1) is 20.6. The molecule has 2 N–H and O–H groups in total. The summed E-state index contributed by atoms with van der Waals surface area (Å²) < 4.78 is 52.6. The number of likely N-dealkylation sites (tertiary alicyclic amines) is 1. The van der Waals surface area contributed by atoms with Crippen molar-refractivity contribution in [3.05, 3.63) is 53.1 Å². The summed E-state index contributed by atoms with van der Waals surface area (Å²) in [5, 5.41) is 15.5. The molecule has 2 amide bonds. The van der Waals surface area contributed by atoms with Crippen molar-refractivity contribution in [3.8, 4) is 0 Å². The second kappa shape index (κ2) is 7.72. The van der Waals surface area contributed by atoms with Gasteiger partial charge in [0.2, 0.25) is 0 Å². The number of halogens is 4. The first-order chi connectivity index (χ1) is 13.6. The maximum absolute atomic E-state index is 13.2. The van der Waals surface area contributed by atoms with E-state index < -0.39 is 47.3 Å². The fraction of sp³-hybridized carbons (Fsp3) is 0.389. The zero-order valence-corrected chi connectivity index (χ0v) is 15.3. The van der Waals surface area contributed by atoms with E-state index in [-0.39, 0.29) is 19.5 Å². The predicted octanol–water partition coefficient (Wildman–Crippen LogP) is 2.84. The monoisotopic (exact) mass is 414 g/mol. The van der Waals surface area contributed by atoms with Gasteiger partial charge in [-0.05, 0) is 24.1 Å². The highest BCUT2D eigenvalue weighted by Gasteiger charge is 2.37. The third-order valence-corrected chi connectivity index (χ3v) is 4.90. The fourth-order valence-corrected chi connectivity index (χ4v) is 3.43. The molecule has 1 aromatic carbocycles. The Kier molecular flexibility index (Phi) is 5.49.